The first-order chi connectivity index (χ1) is 13.9. The summed E-state index contributed by atoms with van der Waals surface area (Å²) in [6.07, 6.45) is 1.86. The van der Waals surface area contributed by atoms with Crippen LogP contribution in [0.2, 0.25) is 10.0 Å². The van der Waals surface area contributed by atoms with Gasteiger partial charge in [-0.1, -0.05) is 47.5 Å². The Morgan fingerprint density at radius 1 is 1.24 bits per heavy atom. The van der Waals surface area contributed by atoms with Gasteiger partial charge in [0.2, 0.25) is 0 Å². The second-order valence-corrected chi connectivity index (χ2v) is 7.86. The number of anilines is 1. The van der Waals surface area contributed by atoms with Crippen molar-refractivity contribution in [3.05, 3.63) is 81.5 Å². The SMILES string of the molecule is CC1(C(=O)Nc2ccnn2Cc2ccc(Cl)cc2Cl)Cc2ccccc2C(=O)O1. The van der Waals surface area contributed by atoms with Crippen LogP contribution in [0, 0.1) is 0 Å². The molecule has 0 bridgehead atoms. The molecule has 0 aliphatic carbocycles. The van der Waals surface area contributed by atoms with Crippen molar-refractivity contribution < 1.29 is 14.3 Å². The molecule has 0 fully saturated rings. The average molecular weight is 430 g/mol. The van der Waals surface area contributed by atoms with Crippen molar-refractivity contribution in [1.82, 2.24) is 9.78 Å². The van der Waals surface area contributed by atoms with Gasteiger partial charge in [-0.3, -0.25) is 4.79 Å². The van der Waals surface area contributed by atoms with Gasteiger partial charge < -0.3 is 10.1 Å². The van der Waals surface area contributed by atoms with Crippen LogP contribution in [0.25, 0.3) is 0 Å². The van der Waals surface area contributed by atoms with Crippen LogP contribution in [0.5, 0.6) is 0 Å². The summed E-state index contributed by atoms with van der Waals surface area (Å²) in [4.78, 5) is 25.3. The van der Waals surface area contributed by atoms with Crippen LogP contribution in [-0.4, -0.2) is 27.3 Å². The Kier molecular flexibility index (Phi) is 5.06. The minimum absolute atomic E-state index is 0.290. The fraction of sp³-hybridized carbons (Fsp3) is 0.190. The lowest BCUT2D eigenvalue weighted by Gasteiger charge is -2.33. The zero-order chi connectivity index (χ0) is 20.6. The molecule has 8 heteroatoms. The van der Waals surface area contributed by atoms with E-state index in [9.17, 15) is 9.59 Å². The molecular formula is C21H17Cl2N3O3. The number of rotatable bonds is 4. The third-order valence-corrected chi connectivity index (χ3v) is 5.44. The van der Waals surface area contributed by atoms with Gasteiger partial charge in [0.15, 0.2) is 5.60 Å². The summed E-state index contributed by atoms with van der Waals surface area (Å²) in [6.45, 7) is 1.95. The van der Waals surface area contributed by atoms with Crippen molar-refractivity contribution in [2.75, 3.05) is 5.32 Å². The number of nitrogens with zero attached hydrogens (tertiary/aromatic N) is 2. The van der Waals surface area contributed by atoms with Gasteiger partial charge in [-0.25, -0.2) is 9.48 Å². The molecule has 0 saturated heterocycles. The number of ether oxygens (including phenoxy) is 1. The first-order valence-electron chi connectivity index (χ1n) is 8.94. The molecule has 3 aromatic rings. The summed E-state index contributed by atoms with van der Waals surface area (Å²) in [5.41, 5.74) is 0.751. The van der Waals surface area contributed by atoms with Crippen LogP contribution in [0.15, 0.2) is 54.7 Å². The zero-order valence-electron chi connectivity index (χ0n) is 15.5. The highest BCUT2D eigenvalue weighted by Crippen LogP contribution is 2.29. The molecule has 1 aliphatic heterocycles. The number of hydrogen-bond donors (Lipinski definition) is 1. The van der Waals surface area contributed by atoms with Crippen LogP contribution in [0.1, 0.15) is 28.4 Å². The molecule has 29 heavy (non-hydrogen) atoms. The third-order valence-electron chi connectivity index (χ3n) is 4.86. The number of fused-ring (bicyclic) bond motifs is 1. The average Bonchev–Trinajstić information content (AvgIpc) is 3.10. The van der Waals surface area contributed by atoms with E-state index in [0.29, 0.717) is 28.0 Å². The van der Waals surface area contributed by atoms with Gasteiger partial charge in [0.25, 0.3) is 5.91 Å². The molecule has 2 aromatic carbocycles. The predicted molar refractivity (Wildman–Crippen MR) is 110 cm³/mol. The highest BCUT2D eigenvalue weighted by molar-refractivity contribution is 6.35. The zero-order valence-corrected chi connectivity index (χ0v) is 17.0. The van der Waals surface area contributed by atoms with E-state index in [1.54, 1.807) is 54.2 Å². The standard InChI is InChI=1S/C21H17Cl2N3O3/c1-21(11-13-4-2-3-5-16(13)19(27)29-21)20(28)25-18-8-9-24-26(18)12-14-6-7-15(22)10-17(14)23/h2-10H,11-12H2,1H3,(H,25,28). The number of benzene rings is 2. The largest absolute Gasteiger partial charge is 0.445 e. The van der Waals surface area contributed by atoms with Gasteiger partial charge in [-0.05, 0) is 36.2 Å². The Morgan fingerprint density at radius 2 is 2.03 bits per heavy atom. The van der Waals surface area contributed by atoms with Gasteiger partial charge >= 0.3 is 5.97 Å². The van der Waals surface area contributed by atoms with E-state index in [0.717, 1.165) is 11.1 Å². The van der Waals surface area contributed by atoms with Crippen LogP contribution in [0.4, 0.5) is 5.82 Å². The second-order valence-electron chi connectivity index (χ2n) is 7.02. The Labute approximate surface area is 177 Å². The molecule has 148 valence electrons. The topological polar surface area (TPSA) is 73.2 Å². The Bertz CT molecular complexity index is 1110. The van der Waals surface area contributed by atoms with Crippen molar-refractivity contribution in [1.29, 1.82) is 0 Å². The number of hydrogen-bond acceptors (Lipinski definition) is 4. The number of aromatic nitrogens is 2. The second kappa shape index (κ2) is 7.54. The number of carbonyl (C=O) groups excluding carboxylic acids is 2. The molecule has 2 heterocycles. The number of cyclic esters (lactones) is 1. The molecule has 0 saturated carbocycles. The fourth-order valence-electron chi connectivity index (χ4n) is 3.28. The Morgan fingerprint density at radius 3 is 2.83 bits per heavy atom. The molecule has 1 N–H and O–H groups in total. The normalized spacial score (nSPS) is 18.1. The lowest BCUT2D eigenvalue weighted by atomic mass is 9.89. The van der Waals surface area contributed by atoms with Crippen LogP contribution >= 0.6 is 23.2 Å². The van der Waals surface area contributed by atoms with Gasteiger partial charge in [0, 0.05) is 22.5 Å². The van der Waals surface area contributed by atoms with Crippen LogP contribution < -0.4 is 5.32 Å². The quantitative estimate of drug-likeness (QED) is 0.625. The molecule has 0 radical (unpaired) electrons. The smallest absolute Gasteiger partial charge is 0.339 e. The molecular weight excluding hydrogens is 413 g/mol. The van der Waals surface area contributed by atoms with Crippen molar-refractivity contribution in [2.45, 2.75) is 25.5 Å². The number of amides is 1. The summed E-state index contributed by atoms with van der Waals surface area (Å²) < 4.78 is 7.09. The maximum atomic E-state index is 13.0. The van der Waals surface area contributed by atoms with E-state index in [-0.39, 0.29) is 6.42 Å². The highest BCUT2D eigenvalue weighted by atomic mass is 35.5. The minimum atomic E-state index is -1.32. The van der Waals surface area contributed by atoms with Gasteiger partial charge in [0.1, 0.15) is 5.82 Å². The Hall–Kier alpha value is -2.83. The van der Waals surface area contributed by atoms with E-state index in [4.69, 9.17) is 27.9 Å². The first kappa shape index (κ1) is 19.5. The molecule has 0 spiro atoms. The first-order valence-corrected chi connectivity index (χ1v) is 9.70. The maximum Gasteiger partial charge on any atom is 0.339 e. The highest BCUT2D eigenvalue weighted by Gasteiger charge is 2.42. The molecule has 1 aromatic heterocycles. The van der Waals surface area contributed by atoms with Crippen molar-refractivity contribution in [3.63, 3.8) is 0 Å². The summed E-state index contributed by atoms with van der Waals surface area (Å²) in [7, 11) is 0. The molecule has 1 unspecified atom stereocenters. The molecule has 4 rings (SSSR count). The lowest BCUT2D eigenvalue weighted by Crippen LogP contribution is -2.49. The van der Waals surface area contributed by atoms with Gasteiger partial charge in [0.05, 0.1) is 18.3 Å². The number of esters is 1. The summed E-state index contributed by atoms with van der Waals surface area (Å²) in [6, 6.07) is 14.0. The molecule has 6 nitrogen and oxygen atoms in total. The van der Waals surface area contributed by atoms with Crippen molar-refractivity contribution in [3.8, 4) is 0 Å². The molecule has 1 amide bonds. The monoisotopic (exact) mass is 429 g/mol. The predicted octanol–water partition coefficient (Wildman–Crippen LogP) is 4.35. The summed E-state index contributed by atoms with van der Waals surface area (Å²) in [5, 5.41) is 8.12. The number of nitrogens with one attached hydrogen (secondary N) is 1. The van der Waals surface area contributed by atoms with Gasteiger partial charge in [-0.15, -0.1) is 0 Å². The lowest BCUT2D eigenvalue weighted by molar-refractivity contribution is -0.134. The number of carbonyl (C=O) groups is 2. The van der Waals surface area contributed by atoms with E-state index in [2.05, 4.69) is 10.4 Å². The minimum Gasteiger partial charge on any atom is -0.445 e. The van der Waals surface area contributed by atoms with Gasteiger partial charge in [-0.2, -0.15) is 5.10 Å². The molecule has 1 atom stereocenters. The van der Waals surface area contributed by atoms with E-state index >= 15 is 0 Å². The summed E-state index contributed by atoms with van der Waals surface area (Å²) >= 11 is 12.2. The fourth-order valence-corrected chi connectivity index (χ4v) is 3.75. The third kappa shape index (κ3) is 3.86. The van der Waals surface area contributed by atoms with E-state index in [1.165, 1.54) is 0 Å². The number of halogens is 2. The Balaban J connectivity index is 1.54. The van der Waals surface area contributed by atoms with Crippen LogP contribution in [0.3, 0.4) is 0 Å². The van der Waals surface area contributed by atoms with Crippen molar-refractivity contribution >= 4 is 40.9 Å². The van der Waals surface area contributed by atoms with Crippen LogP contribution in [-0.2, 0) is 22.5 Å². The molecule has 1 aliphatic rings. The summed E-state index contributed by atoms with van der Waals surface area (Å²) in [5.74, 6) is -0.465. The van der Waals surface area contributed by atoms with Crippen molar-refractivity contribution in [2.24, 2.45) is 0 Å². The van der Waals surface area contributed by atoms with E-state index < -0.39 is 17.5 Å². The van der Waals surface area contributed by atoms with E-state index in [1.807, 2.05) is 12.1 Å². The maximum absolute atomic E-state index is 13.0.